The van der Waals surface area contributed by atoms with Gasteiger partial charge < -0.3 is 5.32 Å². The first-order valence-electron chi connectivity index (χ1n) is 8.05. The van der Waals surface area contributed by atoms with Crippen LogP contribution in [0, 0.1) is 0 Å². The van der Waals surface area contributed by atoms with Gasteiger partial charge in [0, 0.05) is 5.56 Å². The topological polar surface area (TPSA) is 54.9 Å². The molecule has 1 N–H and O–H groups in total. The monoisotopic (exact) mass is 379 g/mol. The lowest BCUT2D eigenvalue weighted by Crippen LogP contribution is -2.14. The summed E-state index contributed by atoms with van der Waals surface area (Å²) >= 11 is 7.49. The second kappa shape index (κ2) is 7.23. The highest BCUT2D eigenvalue weighted by molar-refractivity contribution is 7.18. The highest BCUT2D eigenvalue weighted by atomic mass is 35.5. The van der Waals surface area contributed by atoms with Crippen LogP contribution in [-0.4, -0.2) is 16.1 Å². The fourth-order valence-corrected chi connectivity index (χ4v) is 3.88. The van der Waals surface area contributed by atoms with Crippen LogP contribution in [0.2, 0.25) is 5.02 Å². The summed E-state index contributed by atoms with van der Waals surface area (Å²) in [6.45, 7) is 0. The molecule has 1 aromatic heterocycles. The molecule has 0 unspecified atom stereocenters. The van der Waals surface area contributed by atoms with Gasteiger partial charge in [-0.25, -0.2) is 0 Å². The molecule has 26 heavy (non-hydrogen) atoms. The molecule has 3 aromatic carbocycles. The highest BCUT2D eigenvalue weighted by Crippen LogP contribution is 2.31. The average Bonchev–Trinajstić information content (AvgIpc) is 3.10. The van der Waals surface area contributed by atoms with E-state index >= 15 is 0 Å². The lowest BCUT2D eigenvalue weighted by molar-refractivity contribution is -0.115. The van der Waals surface area contributed by atoms with E-state index in [0.717, 1.165) is 21.9 Å². The van der Waals surface area contributed by atoms with Crippen molar-refractivity contribution >= 4 is 44.7 Å². The third-order valence-electron chi connectivity index (χ3n) is 4.01. The zero-order valence-electron chi connectivity index (χ0n) is 13.6. The Hall–Kier alpha value is -2.76. The first kappa shape index (κ1) is 16.7. The van der Waals surface area contributed by atoms with E-state index in [4.69, 9.17) is 11.6 Å². The van der Waals surface area contributed by atoms with Gasteiger partial charge in [-0.1, -0.05) is 83.6 Å². The average molecular weight is 380 g/mol. The summed E-state index contributed by atoms with van der Waals surface area (Å²) < 4.78 is 0. The van der Waals surface area contributed by atoms with E-state index in [1.54, 1.807) is 6.07 Å². The number of nitrogens with zero attached hydrogens (tertiary/aromatic N) is 2. The molecule has 0 aliphatic rings. The Kier molecular flexibility index (Phi) is 4.65. The molecule has 0 radical (unpaired) electrons. The number of carbonyl (C=O) groups is 1. The molecule has 4 aromatic rings. The molecular formula is C20H14ClN3OS. The van der Waals surface area contributed by atoms with Crippen LogP contribution in [0.5, 0.6) is 0 Å². The van der Waals surface area contributed by atoms with Crippen LogP contribution in [0.15, 0.2) is 66.7 Å². The Balaban J connectivity index is 1.51. The number of amides is 1. The molecular weight excluding hydrogens is 366 g/mol. The van der Waals surface area contributed by atoms with Gasteiger partial charge in [0.15, 0.2) is 5.01 Å². The largest absolute Gasteiger partial charge is 0.300 e. The van der Waals surface area contributed by atoms with Crippen molar-refractivity contribution in [2.75, 3.05) is 5.32 Å². The molecule has 6 heteroatoms. The molecule has 4 nitrogen and oxygen atoms in total. The van der Waals surface area contributed by atoms with E-state index in [-0.39, 0.29) is 12.3 Å². The number of halogens is 1. The number of anilines is 1. The molecule has 0 fully saturated rings. The molecule has 128 valence electrons. The lowest BCUT2D eigenvalue weighted by atomic mass is 10.0. The van der Waals surface area contributed by atoms with E-state index < -0.39 is 0 Å². The van der Waals surface area contributed by atoms with Crippen LogP contribution < -0.4 is 5.32 Å². The van der Waals surface area contributed by atoms with Crippen LogP contribution in [0.1, 0.15) is 5.56 Å². The molecule has 0 bridgehead atoms. The summed E-state index contributed by atoms with van der Waals surface area (Å²) in [6, 6.07) is 21.4. The van der Waals surface area contributed by atoms with Gasteiger partial charge in [-0.2, -0.15) is 0 Å². The van der Waals surface area contributed by atoms with Crippen LogP contribution >= 0.6 is 22.9 Å². The lowest BCUT2D eigenvalue weighted by Gasteiger charge is -2.06. The predicted molar refractivity (Wildman–Crippen MR) is 107 cm³/mol. The number of carbonyl (C=O) groups excluding carboxylic acids is 1. The maximum atomic E-state index is 12.4. The van der Waals surface area contributed by atoms with Crippen molar-refractivity contribution in [3.8, 4) is 10.6 Å². The number of benzene rings is 3. The van der Waals surface area contributed by atoms with Gasteiger partial charge in [0.05, 0.1) is 11.4 Å². The van der Waals surface area contributed by atoms with Gasteiger partial charge in [0.2, 0.25) is 11.0 Å². The van der Waals surface area contributed by atoms with Crippen molar-refractivity contribution < 1.29 is 4.79 Å². The normalized spacial score (nSPS) is 10.8. The Bertz CT molecular complexity index is 1090. The van der Waals surface area contributed by atoms with Gasteiger partial charge in [0.1, 0.15) is 0 Å². The Morgan fingerprint density at radius 2 is 1.73 bits per heavy atom. The zero-order chi connectivity index (χ0) is 17.9. The minimum absolute atomic E-state index is 0.122. The zero-order valence-corrected chi connectivity index (χ0v) is 15.2. The minimum Gasteiger partial charge on any atom is -0.300 e. The van der Waals surface area contributed by atoms with Crippen molar-refractivity contribution in [1.82, 2.24) is 10.2 Å². The highest BCUT2D eigenvalue weighted by Gasteiger charge is 2.13. The summed E-state index contributed by atoms with van der Waals surface area (Å²) in [7, 11) is 0. The first-order chi connectivity index (χ1) is 12.7. The van der Waals surface area contributed by atoms with Crippen molar-refractivity contribution in [3.63, 3.8) is 0 Å². The first-order valence-corrected chi connectivity index (χ1v) is 9.25. The summed E-state index contributed by atoms with van der Waals surface area (Å²) in [5.41, 5.74) is 1.79. The number of hydrogen-bond acceptors (Lipinski definition) is 4. The van der Waals surface area contributed by atoms with Crippen molar-refractivity contribution in [2.45, 2.75) is 6.42 Å². The molecule has 0 saturated heterocycles. The predicted octanol–water partition coefficient (Wildman–Crippen LogP) is 5.19. The molecule has 0 spiro atoms. The molecule has 0 aliphatic carbocycles. The van der Waals surface area contributed by atoms with E-state index in [0.29, 0.717) is 15.2 Å². The number of hydrogen-bond donors (Lipinski definition) is 1. The maximum absolute atomic E-state index is 12.4. The summed E-state index contributed by atoms with van der Waals surface area (Å²) in [5, 5.41) is 15.0. The SMILES string of the molecule is O=C(Cc1cccc2ccccc12)Nc1nnc(-c2ccccc2Cl)s1. The summed E-state index contributed by atoms with van der Waals surface area (Å²) in [5.74, 6) is -0.122. The Morgan fingerprint density at radius 3 is 2.62 bits per heavy atom. The van der Waals surface area contributed by atoms with Gasteiger partial charge in [0.25, 0.3) is 0 Å². The van der Waals surface area contributed by atoms with Gasteiger partial charge in [-0.05, 0) is 22.4 Å². The fraction of sp³-hybridized carbons (Fsp3) is 0.0500. The second-order valence-electron chi connectivity index (χ2n) is 5.76. The summed E-state index contributed by atoms with van der Waals surface area (Å²) in [4.78, 5) is 12.4. The molecule has 4 rings (SSSR count). The number of aromatic nitrogens is 2. The Labute approximate surface area is 159 Å². The van der Waals surface area contributed by atoms with E-state index in [9.17, 15) is 4.79 Å². The Morgan fingerprint density at radius 1 is 0.962 bits per heavy atom. The van der Waals surface area contributed by atoms with Gasteiger partial charge in [-0.15, -0.1) is 10.2 Å². The fourth-order valence-electron chi connectivity index (χ4n) is 2.80. The molecule has 0 aliphatic heterocycles. The van der Waals surface area contributed by atoms with E-state index in [1.807, 2.05) is 60.7 Å². The van der Waals surface area contributed by atoms with Gasteiger partial charge in [-0.3, -0.25) is 4.79 Å². The van der Waals surface area contributed by atoms with E-state index in [1.165, 1.54) is 11.3 Å². The number of rotatable bonds is 4. The summed E-state index contributed by atoms with van der Waals surface area (Å²) in [6.07, 6.45) is 0.280. The minimum atomic E-state index is -0.122. The van der Waals surface area contributed by atoms with Crippen molar-refractivity contribution in [1.29, 1.82) is 0 Å². The van der Waals surface area contributed by atoms with Gasteiger partial charge >= 0.3 is 0 Å². The van der Waals surface area contributed by atoms with Crippen LogP contribution in [-0.2, 0) is 11.2 Å². The van der Waals surface area contributed by atoms with Crippen LogP contribution in [0.3, 0.4) is 0 Å². The standard InChI is InChI=1S/C20H14ClN3OS/c21-17-11-4-3-10-16(17)19-23-24-20(26-19)22-18(25)12-14-8-5-7-13-6-1-2-9-15(13)14/h1-11H,12H2,(H,22,24,25). The molecule has 0 atom stereocenters. The maximum Gasteiger partial charge on any atom is 0.230 e. The van der Waals surface area contributed by atoms with Crippen LogP contribution in [0.25, 0.3) is 21.3 Å². The smallest absolute Gasteiger partial charge is 0.230 e. The van der Waals surface area contributed by atoms with Crippen LogP contribution in [0.4, 0.5) is 5.13 Å². The third kappa shape index (κ3) is 3.45. The number of fused-ring (bicyclic) bond motifs is 1. The second-order valence-corrected chi connectivity index (χ2v) is 7.14. The quantitative estimate of drug-likeness (QED) is 0.530. The number of nitrogens with one attached hydrogen (secondary N) is 1. The third-order valence-corrected chi connectivity index (χ3v) is 5.21. The van der Waals surface area contributed by atoms with Crippen molar-refractivity contribution in [3.05, 3.63) is 77.3 Å². The molecule has 1 heterocycles. The van der Waals surface area contributed by atoms with Crippen molar-refractivity contribution in [2.24, 2.45) is 0 Å². The molecule has 1 amide bonds. The molecule has 0 saturated carbocycles. The van der Waals surface area contributed by atoms with E-state index in [2.05, 4.69) is 15.5 Å².